The minimum absolute atomic E-state index is 0.125. The molecule has 0 aliphatic heterocycles. The summed E-state index contributed by atoms with van der Waals surface area (Å²) in [6.45, 7) is 3.06. The molecule has 0 heterocycles. The van der Waals surface area contributed by atoms with Crippen molar-refractivity contribution in [1.82, 2.24) is 0 Å². The molecule has 3 aromatic rings. The van der Waals surface area contributed by atoms with E-state index < -0.39 is 6.10 Å². The fourth-order valence-corrected chi connectivity index (χ4v) is 2.34. The third-order valence-electron chi connectivity index (χ3n) is 3.72. The normalized spacial score (nSPS) is 10.3. The molecule has 0 radical (unpaired) electrons. The molecule has 0 unspecified atom stereocenters. The first kappa shape index (κ1) is 26.9. The Bertz CT molecular complexity index is 1030. The van der Waals surface area contributed by atoms with E-state index >= 15 is 0 Å². The van der Waals surface area contributed by atoms with E-state index in [1.807, 2.05) is 12.1 Å². The van der Waals surface area contributed by atoms with Gasteiger partial charge in [-0.05, 0) is 61.4 Å². The number of phenolic OH excluding ortho intramolecular Hbond substituents is 3. The van der Waals surface area contributed by atoms with Crippen LogP contribution in [0, 0.1) is 0 Å². The van der Waals surface area contributed by atoms with Crippen LogP contribution in [0.2, 0.25) is 0 Å². The van der Waals surface area contributed by atoms with E-state index in [4.69, 9.17) is 5.11 Å². The number of benzene rings is 3. The fraction of sp³-hybridized carbons (Fsp3) is 0.111. The number of carbonyl (C=O) groups excluding carboxylic acids is 2. The summed E-state index contributed by atoms with van der Waals surface area (Å²) in [5.41, 5.74) is 2.12. The van der Waals surface area contributed by atoms with Gasteiger partial charge in [-0.15, -0.1) is 0 Å². The number of carbonyl (C=O) groups is 2. The van der Waals surface area contributed by atoms with E-state index in [-0.39, 0.29) is 23.0 Å². The van der Waals surface area contributed by atoms with Crippen LogP contribution < -0.4 is 0 Å². The van der Waals surface area contributed by atoms with Crippen LogP contribution in [0.15, 0.2) is 84.9 Å². The number of aliphatic hydroxyl groups excluding tert-OH is 1. The average Bonchev–Trinajstić information content (AvgIpc) is 2.76. The van der Waals surface area contributed by atoms with Gasteiger partial charge in [0.15, 0.2) is 0 Å². The van der Waals surface area contributed by atoms with Crippen LogP contribution in [0.4, 0.5) is 0 Å². The molecule has 0 aliphatic carbocycles. The molecule has 0 fully saturated rings. The van der Waals surface area contributed by atoms with Gasteiger partial charge in [0, 0.05) is 5.56 Å². The van der Waals surface area contributed by atoms with Crippen molar-refractivity contribution in [3.8, 4) is 17.2 Å². The number of hydrogen-bond donors (Lipinski definition) is 4. The first-order valence-corrected chi connectivity index (χ1v) is 10.0. The van der Waals surface area contributed by atoms with Gasteiger partial charge in [-0.2, -0.15) is 0 Å². The molecule has 3 aromatic carbocycles. The summed E-state index contributed by atoms with van der Waals surface area (Å²) in [5, 5.41) is 37.2. The van der Waals surface area contributed by atoms with Crippen LogP contribution in [0.5, 0.6) is 17.2 Å². The fourth-order valence-electron chi connectivity index (χ4n) is 2.34. The SMILES string of the molecule is CC(C)=O.O=Cc1cccc(O)c1.Oc1cccc(/C=C/C(O)/C=C/c2cccc(O)c2)c1. The Morgan fingerprint density at radius 1 is 0.697 bits per heavy atom. The Balaban J connectivity index is 0.000000345. The molecule has 0 saturated carbocycles. The highest BCUT2D eigenvalue weighted by Gasteiger charge is 1.95. The molecule has 3 rings (SSSR count). The second-order valence-electron chi connectivity index (χ2n) is 7.02. The van der Waals surface area contributed by atoms with Crippen LogP contribution in [0.3, 0.4) is 0 Å². The van der Waals surface area contributed by atoms with Gasteiger partial charge in [0.05, 0.1) is 6.10 Å². The first-order valence-electron chi connectivity index (χ1n) is 10.0. The molecule has 0 aromatic heterocycles. The van der Waals surface area contributed by atoms with E-state index in [2.05, 4.69) is 0 Å². The van der Waals surface area contributed by atoms with Gasteiger partial charge in [0.2, 0.25) is 0 Å². The lowest BCUT2D eigenvalue weighted by atomic mass is 10.1. The molecule has 0 saturated heterocycles. The Labute approximate surface area is 193 Å². The number of aliphatic hydroxyl groups is 1. The highest BCUT2D eigenvalue weighted by Crippen LogP contribution is 2.14. The van der Waals surface area contributed by atoms with Gasteiger partial charge in [0.1, 0.15) is 29.3 Å². The number of aromatic hydroxyl groups is 3. The van der Waals surface area contributed by atoms with Crippen molar-refractivity contribution in [1.29, 1.82) is 0 Å². The van der Waals surface area contributed by atoms with Crippen molar-refractivity contribution in [2.45, 2.75) is 20.0 Å². The molecule has 6 nitrogen and oxygen atoms in total. The second kappa shape index (κ2) is 14.8. The van der Waals surface area contributed by atoms with Crippen LogP contribution >= 0.6 is 0 Å². The number of phenols is 3. The number of aldehydes is 1. The topological polar surface area (TPSA) is 115 Å². The minimum atomic E-state index is -0.736. The molecule has 0 aliphatic rings. The predicted molar refractivity (Wildman–Crippen MR) is 130 cm³/mol. The van der Waals surface area contributed by atoms with Crippen molar-refractivity contribution in [3.05, 3.63) is 102 Å². The largest absolute Gasteiger partial charge is 0.508 e. The smallest absolute Gasteiger partial charge is 0.150 e. The first-order chi connectivity index (χ1) is 15.7. The summed E-state index contributed by atoms with van der Waals surface area (Å²) < 4.78 is 0. The molecule has 6 heteroatoms. The summed E-state index contributed by atoms with van der Waals surface area (Å²) >= 11 is 0. The Morgan fingerprint density at radius 2 is 1.03 bits per heavy atom. The third-order valence-corrected chi connectivity index (χ3v) is 3.72. The highest BCUT2D eigenvalue weighted by atomic mass is 16.3. The van der Waals surface area contributed by atoms with Crippen molar-refractivity contribution >= 4 is 24.2 Å². The summed E-state index contributed by atoms with van der Waals surface area (Å²) in [6.07, 6.45) is 6.66. The van der Waals surface area contributed by atoms with Crippen molar-refractivity contribution < 1.29 is 30.0 Å². The molecule has 4 N–H and O–H groups in total. The zero-order valence-electron chi connectivity index (χ0n) is 18.5. The Morgan fingerprint density at radius 3 is 1.33 bits per heavy atom. The summed E-state index contributed by atoms with van der Waals surface area (Å²) in [7, 11) is 0. The standard InChI is InChI=1S/C17H16O3.C7H6O2.C3H6O/c18-15(9-7-13-3-1-5-16(19)11-13)10-8-14-4-2-6-17(20)12-14;8-5-6-2-1-3-7(9)4-6;1-3(2)4/h1-12,15,18-20H;1-5,9H;1-2H3/b9-7+,10-8+;;. The minimum Gasteiger partial charge on any atom is -0.508 e. The molecular formula is C27H28O6. The third kappa shape index (κ3) is 13.0. The van der Waals surface area contributed by atoms with E-state index in [0.29, 0.717) is 11.8 Å². The van der Waals surface area contributed by atoms with Gasteiger partial charge in [-0.25, -0.2) is 0 Å². The lowest BCUT2D eigenvalue weighted by Gasteiger charge is -1.99. The predicted octanol–water partition coefficient (Wildman–Crippen LogP) is 4.99. The van der Waals surface area contributed by atoms with E-state index in [1.54, 1.807) is 72.8 Å². The Hall–Kier alpha value is -4.16. The zero-order valence-corrected chi connectivity index (χ0v) is 18.5. The highest BCUT2D eigenvalue weighted by molar-refractivity contribution is 5.75. The summed E-state index contributed by atoms with van der Waals surface area (Å²) in [5.74, 6) is 0.675. The Kier molecular flexibility index (Phi) is 12.0. The van der Waals surface area contributed by atoms with E-state index in [0.717, 1.165) is 11.1 Å². The van der Waals surface area contributed by atoms with Crippen LogP contribution in [-0.2, 0) is 4.79 Å². The molecule has 0 amide bonds. The molecule has 33 heavy (non-hydrogen) atoms. The van der Waals surface area contributed by atoms with Gasteiger partial charge in [-0.1, -0.05) is 60.7 Å². The van der Waals surface area contributed by atoms with Gasteiger partial charge >= 0.3 is 0 Å². The monoisotopic (exact) mass is 448 g/mol. The molecule has 172 valence electrons. The van der Waals surface area contributed by atoms with Crippen LogP contribution in [0.1, 0.15) is 35.3 Å². The number of hydrogen-bond acceptors (Lipinski definition) is 6. The molecular weight excluding hydrogens is 420 g/mol. The number of Topliss-reactive ketones (excluding diaryl/α,β-unsaturated/α-hetero) is 1. The quantitative estimate of drug-likeness (QED) is 0.409. The lowest BCUT2D eigenvalue weighted by Crippen LogP contribution is -1.95. The summed E-state index contributed by atoms with van der Waals surface area (Å²) in [4.78, 5) is 19.5. The summed E-state index contributed by atoms with van der Waals surface area (Å²) in [6, 6.07) is 19.7. The second-order valence-corrected chi connectivity index (χ2v) is 7.02. The van der Waals surface area contributed by atoms with Gasteiger partial charge < -0.3 is 25.2 Å². The maximum Gasteiger partial charge on any atom is 0.150 e. The molecule has 0 spiro atoms. The van der Waals surface area contributed by atoms with Gasteiger partial charge in [-0.3, -0.25) is 4.79 Å². The average molecular weight is 449 g/mol. The maximum absolute atomic E-state index is 10.0. The van der Waals surface area contributed by atoms with Crippen molar-refractivity contribution in [2.24, 2.45) is 0 Å². The van der Waals surface area contributed by atoms with Crippen LogP contribution in [-0.4, -0.2) is 38.6 Å². The van der Waals surface area contributed by atoms with Crippen molar-refractivity contribution in [3.63, 3.8) is 0 Å². The zero-order chi connectivity index (χ0) is 24.6. The lowest BCUT2D eigenvalue weighted by molar-refractivity contribution is -0.115. The number of ketones is 1. The van der Waals surface area contributed by atoms with Crippen LogP contribution in [0.25, 0.3) is 12.2 Å². The van der Waals surface area contributed by atoms with E-state index in [9.17, 15) is 24.9 Å². The van der Waals surface area contributed by atoms with E-state index in [1.165, 1.54) is 26.0 Å². The molecule has 0 bridgehead atoms. The number of rotatable bonds is 5. The molecule has 0 atom stereocenters. The maximum atomic E-state index is 10.0. The van der Waals surface area contributed by atoms with Gasteiger partial charge in [0.25, 0.3) is 0 Å². The van der Waals surface area contributed by atoms with Crippen molar-refractivity contribution in [2.75, 3.05) is 0 Å².